The Bertz CT molecular complexity index is 1270. The van der Waals surface area contributed by atoms with Gasteiger partial charge in [0.1, 0.15) is 11.5 Å². The highest BCUT2D eigenvalue weighted by Crippen LogP contribution is 2.43. The van der Waals surface area contributed by atoms with Crippen LogP contribution in [0.5, 0.6) is 11.5 Å². The van der Waals surface area contributed by atoms with E-state index in [1.54, 1.807) is 36.4 Å². The van der Waals surface area contributed by atoms with Crippen LogP contribution in [0.1, 0.15) is 77.0 Å². The molecule has 6 N–H and O–H groups in total. The van der Waals surface area contributed by atoms with Crippen molar-refractivity contribution in [1.82, 2.24) is 0 Å². The molecule has 8 heteroatoms. The molecule has 0 radical (unpaired) electrons. The molecule has 0 aromatic heterocycles. The lowest BCUT2D eigenvalue weighted by Crippen LogP contribution is -3.12. The molecular formula is C34H48N4O4+2. The second-order valence-electron chi connectivity index (χ2n) is 12.3. The van der Waals surface area contributed by atoms with Crippen molar-refractivity contribution in [2.24, 2.45) is 0 Å². The van der Waals surface area contributed by atoms with Gasteiger partial charge in [-0.15, -0.1) is 0 Å². The average Bonchev–Trinajstić information content (AvgIpc) is 2.95. The average molecular weight is 577 g/mol. The van der Waals surface area contributed by atoms with E-state index in [0.717, 1.165) is 39.3 Å². The Morgan fingerprint density at radius 3 is 1.29 bits per heavy atom. The van der Waals surface area contributed by atoms with Crippen LogP contribution in [0.25, 0.3) is 21.5 Å². The normalized spacial score (nSPS) is 17.7. The van der Waals surface area contributed by atoms with Gasteiger partial charge in [-0.05, 0) is 87.8 Å². The number of quaternary nitrogens is 2. The molecule has 226 valence electrons. The number of anilines is 2. The van der Waals surface area contributed by atoms with Gasteiger partial charge in [0.25, 0.3) is 0 Å². The fourth-order valence-corrected chi connectivity index (χ4v) is 6.68. The molecule has 0 atom stereocenters. The molecule has 2 aliphatic rings. The van der Waals surface area contributed by atoms with Crippen molar-refractivity contribution < 1.29 is 29.6 Å². The summed E-state index contributed by atoms with van der Waals surface area (Å²) in [6.45, 7) is 6.19. The maximum atomic E-state index is 12.7. The molecule has 5 rings (SSSR count). The number of carbonyl (C=O) groups excluding carboxylic acids is 2. The van der Waals surface area contributed by atoms with E-state index >= 15 is 0 Å². The number of aromatic hydroxyl groups is 2. The number of nitrogens with one attached hydrogen (secondary N) is 4. The molecule has 0 unspecified atom stereocenters. The molecule has 0 bridgehead atoms. The van der Waals surface area contributed by atoms with Crippen LogP contribution in [0.4, 0.5) is 11.4 Å². The zero-order valence-electron chi connectivity index (χ0n) is 24.9. The first-order valence-corrected chi connectivity index (χ1v) is 16.2. The van der Waals surface area contributed by atoms with Crippen molar-refractivity contribution in [1.29, 1.82) is 0 Å². The molecule has 2 saturated heterocycles. The molecule has 0 aliphatic carbocycles. The van der Waals surface area contributed by atoms with E-state index in [1.165, 1.54) is 74.0 Å². The van der Waals surface area contributed by atoms with Gasteiger partial charge in [0.05, 0.1) is 52.1 Å². The fraction of sp³-hybridized carbons (Fsp3) is 0.529. The Labute approximate surface area is 249 Å². The van der Waals surface area contributed by atoms with Gasteiger partial charge in [-0.3, -0.25) is 9.59 Å². The first kappa shape index (κ1) is 30.1. The number of carbonyl (C=O) groups is 2. The minimum absolute atomic E-state index is 0.0394. The first-order chi connectivity index (χ1) is 20.5. The number of likely N-dealkylation sites (tertiary alicyclic amines) is 2. The van der Waals surface area contributed by atoms with Crippen LogP contribution in [-0.2, 0) is 9.59 Å². The number of phenolic OH excluding ortho intramolecular Hbond substituents is 2. The van der Waals surface area contributed by atoms with Gasteiger partial charge in [0.2, 0.25) is 11.8 Å². The summed E-state index contributed by atoms with van der Waals surface area (Å²) >= 11 is 0. The van der Waals surface area contributed by atoms with Crippen molar-refractivity contribution in [2.45, 2.75) is 77.0 Å². The van der Waals surface area contributed by atoms with Crippen LogP contribution < -0.4 is 20.4 Å². The Morgan fingerprint density at radius 1 is 0.548 bits per heavy atom. The van der Waals surface area contributed by atoms with Crippen LogP contribution in [0.15, 0.2) is 36.4 Å². The zero-order chi connectivity index (χ0) is 29.3. The highest BCUT2D eigenvalue weighted by Gasteiger charge is 2.18. The molecule has 2 aliphatic heterocycles. The molecule has 0 saturated carbocycles. The number of benzene rings is 3. The third kappa shape index (κ3) is 7.92. The predicted octanol–water partition coefficient (Wildman–Crippen LogP) is 3.76. The van der Waals surface area contributed by atoms with E-state index in [-0.39, 0.29) is 23.3 Å². The monoisotopic (exact) mass is 576 g/mol. The predicted molar refractivity (Wildman–Crippen MR) is 169 cm³/mol. The third-order valence-corrected chi connectivity index (χ3v) is 9.16. The standard InChI is InChI=1S/C34H46N4O4/c39-31(15-21-37-17-7-3-1-4-8-18-37)35-25-11-13-27-29(23-25)33(41)28-14-12-26(24-30(28)34(27)42)36-32(40)16-22-38-19-9-5-2-6-10-20-38/h11-14,23-24,41-42H,1-10,15-22H2,(H,35,39)(H,36,40)/p+2. The Kier molecular flexibility index (Phi) is 10.5. The van der Waals surface area contributed by atoms with E-state index in [9.17, 15) is 19.8 Å². The molecule has 3 aromatic rings. The zero-order valence-corrected chi connectivity index (χ0v) is 24.9. The van der Waals surface area contributed by atoms with Crippen LogP contribution in [0, 0.1) is 0 Å². The van der Waals surface area contributed by atoms with E-state index < -0.39 is 0 Å². The van der Waals surface area contributed by atoms with Gasteiger partial charge in [-0.2, -0.15) is 0 Å². The van der Waals surface area contributed by atoms with Crippen molar-refractivity contribution >= 4 is 44.7 Å². The van der Waals surface area contributed by atoms with Gasteiger partial charge in [-0.1, -0.05) is 12.8 Å². The van der Waals surface area contributed by atoms with Gasteiger partial charge in [0, 0.05) is 32.9 Å². The Hall–Kier alpha value is -3.36. The highest BCUT2D eigenvalue weighted by atomic mass is 16.3. The largest absolute Gasteiger partial charge is 0.507 e. The van der Waals surface area contributed by atoms with Gasteiger partial charge in [-0.25, -0.2) is 0 Å². The fourth-order valence-electron chi connectivity index (χ4n) is 6.68. The Morgan fingerprint density at radius 2 is 0.905 bits per heavy atom. The lowest BCUT2D eigenvalue weighted by molar-refractivity contribution is -0.900. The summed E-state index contributed by atoms with van der Waals surface area (Å²) in [5.41, 5.74) is 1.19. The summed E-state index contributed by atoms with van der Waals surface area (Å²) in [5, 5.41) is 30.2. The molecule has 2 fully saturated rings. The van der Waals surface area contributed by atoms with Crippen LogP contribution in [0.2, 0.25) is 0 Å². The van der Waals surface area contributed by atoms with Crippen molar-refractivity contribution in [3.63, 3.8) is 0 Å². The van der Waals surface area contributed by atoms with Gasteiger partial charge >= 0.3 is 0 Å². The Balaban J connectivity index is 1.23. The lowest BCUT2D eigenvalue weighted by Gasteiger charge is -2.21. The molecule has 2 amide bonds. The molecule has 42 heavy (non-hydrogen) atoms. The van der Waals surface area contributed by atoms with Crippen molar-refractivity contribution in [2.75, 3.05) is 49.9 Å². The molecule has 2 heterocycles. The number of rotatable bonds is 8. The van der Waals surface area contributed by atoms with E-state index in [1.807, 2.05) is 0 Å². The van der Waals surface area contributed by atoms with Crippen molar-refractivity contribution in [3.05, 3.63) is 36.4 Å². The lowest BCUT2D eigenvalue weighted by atomic mass is 9.99. The number of amides is 2. The summed E-state index contributed by atoms with van der Waals surface area (Å²) in [5.74, 6) is -0.00135. The van der Waals surface area contributed by atoms with Crippen molar-refractivity contribution in [3.8, 4) is 11.5 Å². The maximum absolute atomic E-state index is 12.7. The van der Waals surface area contributed by atoms with E-state index in [2.05, 4.69) is 10.6 Å². The van der Waals surface area contributed by atoms with E-state index in [4.69, 9.17) is 0 Å². The van der Waals surface area contributed by atoms with Crippen LogP contribution in [-0.4, -0.2) is 61.3 Å². The minimum Gasteiger partial charge on any atom is -0.507 e. The van der Waals surface area contributed by atoms with E-state index in [0.29, 0.717) is 45.8 Å². The highest BCUT2D eigenvalue weighted by molar-refractivity contribution is 6.12. The maximum Gasteiger partial charge on any atom is 0.230 e. The number of fused-ring (bicyclic) bond motifs is 2. The molecule has 3 aromatic carbocycles. The first-order valence-electron chi connectivity index (χ1n) is 16.2. The van der Waals surface area contributed by atoms with Crippen LogP contribution >= 0.6 is 0 Å². The van der Waals surface area contributed by atoms with Crippen LogP contribution in [0.3, 0.4) is 0 Å². The summed E-state index contributed by atoms with van der Waals surface area (Å²) in [6, 6.07) is 10.4. The quantitative estimate of drug-likeness (QED) is 0.181. The summed E-state index contributed by atoms with van der Waals surface area (Å²) in [4.78, 5) is 28.5. The topological polar surface area (TPSA) is 108 Å². The third-order valence-electron chi connectivity index (χ3n) is 9.16. The number of phenols is 2. The van der Waals surface area contributed by atoms with Gasteiger partial charge in [0.15, 0.2) is 0 Å². The molecular weight excluding hydrogens is 528 g/mol. The summed E-state index contributed by atoms with van der Waals surface area (Å²) < 4.78 is 0. The summed E-state index contributed by atoms with van der Waals surface area (Å²) in [6.07, 6.45) is 13.6. The SMILES string of the molecule is O=C(CC[NH+]1CCCCCCC1)Nc1ccc2c(O)c3cc(NC(=O)CC[NH+]4CCCCCCC4)ccc3c(O)c2c1. The molecule has 0 spiro atoms. The second-order valence-corrected chi connectivity index (χ2v) is 12.3. The van der Waals surface area contributed by atoms with Gasteiger partial charge < -0.3 is 30.6 Å². The minimum atomic E-state index is -0.0401. The smallest absolute Gasteiger partial charge is 0.230 e. The molecule has 8 nitrogen and oxygen atoms in total. The number of hydrogen-bond acceptors (Lipinski definition) is 4. The number of hydrogen-bond donors (Lipinski definition) is 6. The summed E-state index contributed by atoms with van der Waals surface area (Å²) in [7, 11) is 0. The second kappa shape index (κ2) is 14.7.